The Hall–Kier alpha value is -3.22. The van der Waals surface area contributed by atoms with Gasteiger partial charge in [0.25, 0.3) is 0 Å². The van der Waals surface area contributed by atoms with Crippen LogP contribution < -0.4 is 4.74 Å². The molecule has 0 saturated heterocycles. The lowest BCUT2D eigenvalue weighted by atomic mass is 9.92. The van der Waals surface area contributed by atoms with Gasteiger partial charge in [-0.1, -0.05) is 26.0 Å². The summed E-state index contributed by atoms with van der Waals surface area (Å²) in [5, 5.41) is 19.8. The number of carboxylic acids is 1. The Morgan fingerprint density at radius 1 is 1.13 bits per heavy atom. The van der Waals surface area contributed by atoms with E-state index in [4.69, 9.17) is 4.74 Å². The first-order valence-corrected chi connectivity index (χ1v) is 10.3. The number of hydrogen-bond donors (Lipinski definition) is 2. The zero-order valence-electron chi connectivity index (χ0n) is 17.2. The summed E-state index contributed by atoms with van der Waals surface area (Å²) < 4.78 is 34.6. The number of hydrogen-bond acceptors (Lipinski definition) is 4. The quantitative estimate of drug-likeness (QED) is 0.551. The van der Waals surface area contributed by atoms with Crippen molar-refractivity contribution in [1.82, 2.24) is 4.98 Å². The minimum atomic E-state index is -0.873. The summed E-state index contributed by atoms with van der Waals surface area (Å²) in [4.78, 5) is 15.9. The average molecular weight is 427 g/mol. The van der Waals surface area contributed by atoms with Crippen molar-refractivity contribution >= 4 is 16.7 Å². The van der Waals surface area contributed by atoms with Gasteiger partial charge in [-0.25, -0.2) is 13.8 Å². The normalized spacial score (nSPS) is 18.6. The molecule has 2 atom stereocenters. The van der Waals surface area contributed by atoms with Crippen LogP contribution in [0.5, 0.6) is 11.6 Å². The first-order chi connectivity index (χ1) is 14.8. The zero-order valence-corrected chi connectivity index (χ0v) is 17.2. The van der Waals surface area contributed by atoms with Crippen LogP contribution in [0.25, 0.3) is 21.9 Å². The number of carbonyl (C=O) groups is 1. The molecule has 0 amide bonds. The number of benzene rings is 2. The number of carboxylic acid groups (broad SMARTS) is 1. The van der Waals surface area contributed by atoms with Crippen LogP contribution in [-0.4, -0.2) is 27.3 Å². The lowest BCUT2D eigenvalue weighted by Crippen LogP contribution is -2.17. The lowest BCUT2D eigenvalue weighted by molar-refractivity contribution is -0.141. The Morgan fingerprint density at radius 3 is 2.45 bits per heavy atom. The molecule has 162 valence electrons. The van der Waals surface area contributed by atoms with Crippen LogP contribution in [0.1, 0.15) is 44.7 Å². The van der Waals surface area contributed by atoms with Crippen molar-refractivity contribution < 1.29 is 28.5 Å². The van der Waals surface area contributed by atoms with E-state index in [1.54, 1.807) is 18.2 Å². The number of halogens is 2. The number of phenolic OH excluding ortho intramolecular Hbond substituents is 1. The average Bonchev–Trinajstić information content (AvgIpc) is 3.20. The van der Waals surface area contributed by atoms with Crippen LogP contribution in [0.4, 0.5) is 8.78 Å². The molecular weight excluding hydrogens is 404 g/mol. The third-order valence-corrected chi connectivity index (χ3v) is 5.77. The second-order valence-corrected chi connectivity index (χ2v) is 8.25. The summed E-state index contributed by atoms with van der Waals surface area (Å²) in [7, 11) is 0. The Labute approximate surface area is 178 Å². The van der Waals surface area contributed by atoms with Gasteiger partial charge in [-0.2, -0.15) is 0 Å². The van der Waals surface area contributed by atoms with Gasteiger partial charge in [0.05, 0.1) is 17.0 Å². The Morgan fingerprint density at radius 2 is 1.84 bits per heavy atom. The molecule has 1 aromatic heterocycles. The lowest BCUT2D eigenvalue weighted by Gasteiger charge is -2.21. The molecule has 0 unspecified atom stereocenters. The molecule has 5 nitrogen and oxygen atoms in total. The monoisotopic (exact) mass is 427 g/mol. The molecule has 7 heteroatoms. The Bertz CT molecular complexity index is 1140. The molecule has 2 aromatic carbocycles. The number of pyridine rings is 1. The van der Waals surface area contributed by atoms with Crippen molar-refractivity contribution in [3.8, 4) is 22.8 Å². The molecule has 0 aliphatic heterocycles. The smallest absolute Gasteiger partial charge is 0.306 e. The highest BCUT2D eigenvalue weighted by Gasteiger charge is 2.32. The summed E-state index contributed by atoms with van der Waals surface area (Å²) in [6.45, 7) is 3.88. The summed E-state index contributed by atoms with van der Waals surface area (Å²) in [5.74, 6) is -3.17. The molecule has 1 aliphatic rings. The molecule has 1 saturated carbocycles. The molecule has 1 aliphatic carbocycles. The van der Waals surface area contributed by atoms with Crippen molar-refractivity contribution in [3.05, 3.63) is 53.7 Å². The third-order valence-electron chi connectivity index (χ3n) is 5.77. The number of aromatic nitrogens is 1. The topological polar surface area (TPSA) is 79.7 Å². The van der Waals surface area contributed by atoms with Gasteiger partial charge in [0.15, 0.2) is 11.6 Å². The van der Waals surface area contributed by atoms with Crippen LogP contribution in [0, 0.1) is 17.6 Å². The maximum atomic E-state index is 15.1. The molecule has 1 heterocycles. The molecule has 1 fully saturated rings. The van der Waals surface area contributed by atoms with Gasteiger partial charge in [-0.3, -0.25) is 4.79 Å². The molecule has 0 spiro atoms. The van der Waals surface area contributed by atoms with Crippen LogP contribution in [0.15, 0.2) is 36.4 Å². The Kier molecular flexibility index (Phi) is 5.52. The van der Waals surface area contributed by atoms with Crippen molar-refractivity contribution in [2.24, 2.45) is 5.92 Å². The van der Waals surface area contributed by atoms with Crippen molar-refractivity contribution in [2.45, 2.75) is 45.1 Å². The van der Waals surface area contributed by atoms with E-state index in [-0.39, 0.29) is 23.0 Å². The van der Waals surface area contributed by atoms with E-state index in [0.717, 1.165) is 0 Å². The first kappa shape index (κ1) is 21.0. The second kappa shape index (κ2) is 8.13. The van der Waals surface area contributed by atoms with E-state index >= 15 is 4.39 Å². The molecule has 3 aromatic rings. The zero-order chi connectivity index (χ0) is 22.3. The highest BCUT2D eigenvalue weighted by molar-refractivity contribution is 6.01. The largest absolute Gasteiger partial charge is 0.505 e. The fourth-order valence-electron chi connectivity index (χ4n) is 4.19. The standard InChI is InChI=1S/C24H23F2NO4/c1-12(2)22-19(13-3-6-15(25)7-4-13)17-9-10-18(28)21(26)20(17)23(27-22)31-16-8-5-14(11-16)24(29)30/h3-4,6-7,9-10,12,14,16,28H,5,8,11H2,1-2H3,(H,29,30)/t14-,16-/m0/s1. The SMILES string of the molecule is CC(C)c1nc(O[C@H]2CC[C@H](C(=O)O)C2)c2c(F)c(O)ccc2c1-c1ccc(F)cc1. The van der Waals surface area contributed by atoms with Gasteiger partial charge in [-0.15, -0.1) is 0 Å². The van der Waals surface area contributed by atoms with Gasteiger partial charge < -0.3 is 14.9 Å². The fraction of sp³-hybridized carbons (Fsp3) is 0.333. The molecular formula is C24H23F2NO4. The third kappa shape index (κ3) is 3.92. The van der Waals surface area contributed by atoms with Gasteiger partial charge in [0, 0.05) is 5.56 Å². The summed E-state index contributed by atoms with van der Waals surface area (Å²) >= 11 is 0. The summed E-state index contributed by atoms with van der Waals surface area (Å²) in [6, 6.07) is 8.75. The molecule has 31 heavy (non-hydrogen) atoms. The van der Waals surface area contributed by atoms with Gasteiger partial charge >= 0.3 is 5.97 Å². The maximum Gasteiger partial charge on any atom is 0.306 e. The van der Waals surface area contributed by atoms with E-state index in [1.165, 1.54) is 18.2 Å². The van der Waals surface area contributed by atoms with E-state index in [0.29, 0.717) is 41.5 Å². The predicted octanol–water partition coefficient (Wildman–Crippen LogP) is 5.64. The molecule has 0 bridgehead atoms. The molecule has 0 radical (unpaired) electrons. The fourth-order valence-corrected chi connectivity index (χ4v) is 4.19. The molecule has 2 N–H and O–H groups in total. The van der Waals surface area contributed by atoms with E-state index < -0.39 is 29.6 Å². The minimum absolute atomic E-state index is 0.0301. The van der Waals surface area contributed by atoms with E-state index in [1.807, 2.05) is 13.8 Å². The number of phenols is 1. The number of aliphatic carboxylic acids is 1. The van der Waals surface area contributed by atoms with Crippen LogP contribution in [0.2, 0.25) is 0 Å². The predicted molar refractivity (Wildman–Crippen MR) is 112 cm³/mol. The van der Waals surface area contributed by atoms with E-state index in [9.17, 15) is 19.4 Å². The summed E-state index contributed by atoms with van der Waals surface area (Å²) in [6.07, 6.45) is 0.916. The van der Waals surface area contributed by atoms with Crippen molar-refractivity contribution in [1.29, 1.82) is 0 Å². The Balaban J connectivity index is 1.91. The van der Waals surface area contributed by atoms with Crippen LogP contribution in [-0.2, 0) is 4.79 Å². The summed E-state index contributed by atoms with van der Waals surface area (Å²) in [5.41, 5.74) is 1.96. The van der Waals surface area contributed by atoms with Crippen LogP contribution >= 0.6 is 0 Å². The van der Waals surface area contributed by atoms with Gasteiger partial charge in [-0.05, 0) is 60.4 Å². The number of ether oxygens (including phenoxy) is 1. The second-order valence-electron chi connectivity index (χ2n) is 8.25. The van der Waals surface area contributed by atoms with Gasteiger partial charge in [0.2, 0.25) is 5.88 Å². The van der Waals surface area contributed by atoms with Crippen molar-refractivity contribution in [2.75, 3.05) is 0 Å². The highest BCUT2D eigenvalue weighted by atomic mass is 19.1. The first-order valence-electron chi connectivity index (χ1n) is 10.3. The highest BCUT2D eigenvalue weighted by Crippen LogP contribution is 2.42. The number of nitrogens with zero attached hydrogens (tertiary/aromatic N) is 1. The van der Waals surface area contributed by atoms with Crippen LogP contribution in [0.3, 0.4) is 0 Å². The molecule has 4 rings (SSSR count). The minimum Gasteiger partial charge on any atom is -0.505 e. The number of fused-ring (bicyclic) bond motifs is 1. The van der Waals surface area contributed by atoms with E-state index in [2.05, 4.69) is 4.98 Å². The van der Waals surface area contributed by atoms with Gasteiger partial charge in [0.1, 0.15) is 11.9 Å². The number of aromatic hydroxyl groups is 1. The number of rotatable bonds is 5. The van der Waals surface area contributed by atoms with Crippen molar-refractivity contribution in [3.63, 3.8) is 0 Å². The maximum absolute atomic E-state index is 15.1.